The summed E-state index contributed by atoms with van der Waals surface area (Å²) >= 11 is 0. The fraction of sp³-hybridized carbons (Fsp3) is 0.540. The minimum Gasteiger partial charge on any atom is -0.491 e. The zero-order chi connectivity index (χ0) is 45.1. The summed E-state index contributed by atoms with van der Waals surface area (Å²) in [6.45, 7) is 9.39. The van der Waals surface area contributed by atoms with Crippen LogP contribution in [0.25, 0.3) is 0 Å². The second-order valence-corrected chi connectivity index (χ2v) is 16.8. The van der Waals surface area contributed by atoms with E-state index in [0.29, 0.717) is 96.6 Å². The van der Waals surface area contributed by atoms with E-state index in [4.69, 9.17) is 28.4 Å². The number of anilines is 1. The van der Waals surface area contributed by atoms with Crippen LogP contribution in [0.3, 0.4) is 0 Å². The molecule has 2 heterocycles. The molecule has 4 amide bonds. The number of carbonyl (C=O) groups excluding carboxylic acids is 5. The Labute approximate surface area is 377 Å². The van der Waals surface area contributed by atoms with Gasteiger partial charge in [-0.2, -0.15) is 0 Å². The average molecular weight is 884 g/mol. The van der Waals surface area contributed by atoms with Crippen molar-refractivity contribution in [1.82, 2.24) is 10.2 Å². The maximum Gasteiger partial charge on any atom is 0.264 e. The van der Waals surface area contributed by atoms with Crippen LogP contribution in [-0.2, 0) is 50.9 Å². The smallest absolute Gasteiger partial charge is 0.264 e. The number of benzene rings is 3. The molecule has 1 aliphatic carbocycles. The number of aryl methyl sites for hydroxylation is 2. The third kappa shape index (κ3) is 14.3. The Balaban J connectivity index is 0.715. The number of nitrogens with zero attached hydrogens (tertiary/aromatic N) is 1. The molecule has 1 saturated heterocycles. The van der Waals surface area contributed by atoms with Gasteiger partial charge in [0.15, 0.2) is 0 Å². The van der Waals surface area contributed by atoms with Gasteiger partial charge in [0, 0.05) is 30.5 Å². The van der Waals surface area contributed by atoms with Crippen LogP contribution in [0.1, 0.15) is 101 Å². The van der Waals surface area contributed by atoms with E-state index in [1.165, 1.54) is 28.7 Å². The van der Waals surface area contributed by atoms with Crippen molar-refractivity contribution >= 4 is 35.1 Å². The van der Waals surface area contributed by atoms with Gasteiger partial charge in [0.05, 0.1) is 77.2 Å². The predicted molar refractivity (Wildman–Crippen MR) is 241 cm³/mol. The first-order valence-corrected chi connectivity index (χ1v) is 23.0. The van der Waals surface area contributed by atoms with Gasteiger partial charge in [-0.05, 0) is 98.4 Å². The standard InChI is InChI=1S/C50H65N3O11/c1-35-13-14-38(34-40(35)8-4-3-7-36(2)47(55)39-9-5-10-39)33-37-15-17-41(18-16-37)64-32-31-63-30-29-62-28-27-61-26-25-60-24-23-59-22-21-51-43-12-6-11-42-46(43)50(58)53(49(42)57)44-19-20-45(54)52-48(44)56/h6,11-18,34,36,39,44,51H,3-5,7-10,19-33H2,1-2H3,(H,52,54,56). The number of hydrogen-bond donors (Lipinski definition) is 2. The van der Waals surface area contributed by atoms with Crippen LogP contribution in [0, 0.1) is 18.8 Å². The topological polar surface area (TPSA) is 168 Å². The minimum atomic E-state index is -1.01. The van der Waals surface area contributed by atoms with E-state index in [2.05, 4.69) is 54.8 Å². The molecule has 2 N–H and O–H groups in total. The number of amides is 4. The molecule has 2 unspecified atom stereocenters. The molecule has 64 heavy (non-hydrogen) atoms. The number of ether oxygens (including phenoxy) is 6. The van der Waals surface area contributed by atoms with Crippen molar-refractivity contribution in [2.24, 2.45) is 11.8 Å². The van der Waals surface area contributed by atoms with E-state index in [0.717, 1.165) is 55.6 Å². The van der Waals surface area contributed by atoms with Gasteiger partial charge in [0.1, 0.15) is 24.2 Å². The maximum atomic E-state index is 13.2. The Kier molecular flexibility index (Phi) is 19.3. The number of carbonyl (C=O) groups is 5. The average Bonchev–Trinajstić information content (AvgIpc) is 3.52. The van der Waals surface area contributed by atoms with Gasteiger partial charge in [0.25, 0.3) is 11.8 Å². The molecule has 3 aliphatic rings. The third-order valence-corrected chi connectivity index (χ3v) is 12.1. The lowest BCUT2D eigenvalue weighted by molar-refractivity contribution is -0.136. The van der Waals surface area contributed by atoms with Crippen molar-refractivity contribution in [2.75, 3.05) is 84.5 Å². The molecular formula is C50H65N3O11. The predicted octanol–water partition coefficient (Wildman–Crippen LogP) is 6.28. The summed E-state index contributed by atoms with van der Waals surface area (Å²) in [6.07, 6.45) is 8.71. The quantitative estimate of drug-likeness (QED) is 0.0569. The number of imide groups is 2. The minimum absolute atomic E-state index is 0.0660. The molecule has 0 bridgehead atoms. The van der Waals surface area contributed by atoms with Crippen molar-refractivity contribution < 1.29 is 52.4 Å². The highest BCUT2D eigenvalue weighted by Gasteiger charge is 2.45. The molecule has 14 heteroatoms. The van der Waals surface area contributed by atoms with Crippen molar-refractivity contribution in [3.05, 3.63) is 94.0 Å². The number of ketones is 1. The summed E-state index contributed by atoms with van der Waals surface area (Å²) in [4.78, 5) is 63.5. The number of Topliss-reactive ketones (excluding diaryl/α,β-unsaturated/α-hetero) is 1. The summed E-state index contributed by atoms with van der Waals surface area (Å²) in [5, 5.41) is 5.35. The molecule has 3 aromatic carbocycles. The zero-order valence-electron chi connectivity index (χ0n) is 37.5. The van der Waals surface area contributed by atoms with Crippen molar-refractivity contribution in [2.45, 2.75) is 84.1 Å². The van der Waals surface area contributed by atoms with Crippen molar-refractivity contribution in [1.29, 1.82) is 0 Å². The summed E-state index contributed by atoms with van der Waals surface area (Å²) in [5.74, 6) is -0.318. The third-order valence-electron chi connectivity index (χ3n) is 12.1. The first-order valence-electron chi connectivity index (χ1n) is 23.0. The molecule has 346 valence electrons. The fourth-order valence-corrected chi connectivity index (χ4v) is 8.17. The van der Waals surface area contributed by atoms with Gasteiger partial charge in [-0.1, -0.05) is 56.2 Å². The second-order valence-electron chi connectivity index (χ2n) is 16.8. The maximum absolute atomic E-state index is 13.2. The molecule has 1 saturated carbocycles. The van der Waals surface area contributed by atoms with Crippen LogP contribution in [0.4, 0.5) is 5.69 Å². The molecule has 14 nitrogen and oxygen atoms in total. The zero-order valence-corrected chi connectivity index (χ0v) is 37.5. The molecule has 0 radical (unpaired) electrons. The van der Waals surface area contributed by atoms with Gasteiger partial charge in [-0.15, -0.1) is 0 Å². The Hall–Kier alpha value is -4.99. The molecule has 3 aromatic rings. The Morgan fingerprint density at radius 1 is 0.750 bits per heavy atom. The van der Waals surface area contributed by atoms with E-state index in [1.807, 2.05) is 12.1 Å². The van der Waals surface area contributed by atoms with Gasteiger partial charge < -0.3 is 33.7 Å². The molecule has 0 aromatic heterocycles. The molecule has 2 aliphatic heterocycles. The van der Waals surface area contributed by atoms with Crippen LogP contribution < -0.4 is 15.4 Å². The molecular weight excluding hydrogens is 819 g/mol. The summed E-state index contributed by atoms with van der Waals surface area (Å²) in [7, 11) is 0. The lowest BCUT2D eigenvalue weighted by Gasteiger charge is -2.27. The number of unbranched alkanes of at least 4 members (excludes halogenated alkanes) is 1. The van der Waals surface area contributed by atoms with Crippen LogP contribution >= 0.6 is 0 Å². The van der Waals surface area contributed by atoms with Crippen LogP contribution in [0.2, 0.25) is 0 Å². The first kappa shape index (κ1) is 48.5. The number of rotatable bonds is 30. The highest BCUT2D eigenvalue weighted by Crippen LogP contribution is 2.33. The number of nitrogens with one attached hydrogen (secondary N) is 2. The van der Waals surface area contributed by atoms with E-state index >= 15 is 0 Å². The lowest BCUT2D eigenvalue weighted by atomic mass is 9.77. The fourth-order valence-electron chi connectivity index (χ4n) is 8.17. The number of piperidine rings is 1. The van der Waals surface area contributed by atoms with Gasteiger partial charge in [-0.25, -0.2) is 0 Å². The normalized spacial score (nSPS) is 16.7. The van der Waals surface area contributed by atoms with E-state index in [9.17, 15) is 24.0 Å². The summed E-state index contributed by atoms with van der Waals surface area (Å²) in [5.41, 5.74) is 6.19. The monoisotopic (exact) mass is 883 g/mol. The van der Waals surface area contributed by atoms with E-state index < -0.39 is 29.7 Å². The first-order chi connectivity index (χ1) is 31.2. The van der Waals surface area contributed by atoms with Crippen molar-refractivity contribution in [3.63, 3.8) is 0 Å². The van der Waals surface area contributed by atoms with Gasteiger partial charge >= 0.3 is 0 Å². The Bertz CT molecular complexity index is 2020. The molecule has 2 atom stereocenters. The molecule has 2 fully saturated rings. The molecule has 6 rings (SSSR count). The van der Waals surface area contributed by atoms with Gasteiger partial charge in [0.2, 0.25) is 11.8 Å². The van der Waals surface area contributed by atoms with E-state index in [-0.39, 0.29) is 29.9 Å². The Morgan fingerprint density at radius 2 is 1.39 bits per heavy atom. The number of fused-ring (bicyclic) bond motifs is 1. The summed E-state index contributed by atoms with van der Waals surface area (Å²) < 4.78 is 33.9. The van der Waals surface area contributed by atoms with Crippen LogP contribution in [0.15, 0.2) is 60.7 Å². The number of hydrogen-bond acceptors (Lipinski definition) is 12. The van der Waals surface area contributed by atoms with E-state index in [1.54, 1.807) is 18.2 Å². The van der Waals surface area contributed by atoms with Crippen LogP contribution in [0.5, 0.6) is 5.75 Å². The highest BCUT2D eigenvalue weighted by atomic mass is 16.6. The lowest BCUT2D eigenvalue weighted by Crippen LogP contribution is -2.54. The van der Waals surface area contributed by atoms with Crippen molar-refractivity contribution in [3.8, 4) is 5.75 Å². The SMILES string of the molecule is Cc1ccc(Cc2ccc(OCCOCCOCCOCCOCCOCCNc3cccc4c3C(=O)N(C3CCC(=O)NC3=O)C4=O)cc2)cc1CCCCC(C)C(=O)C1CCC1. The van der Waals surface area contributed by atoms with Gasteiger partial charge in [-0.3, -0.25) is 34.2 Å². The largest absolute Gasteiger partial charge is 0.491 e. The molecule has 0 spiro atoms. The second kappa shape index (κ2) is 25.5. The highest BCUT2D eigenvalue weighted by molar-refractivity contribution is 6.25. The van der Waals surface area contributed by atoms with Crippen LogP contribution in [-0.4, -0.2) is 120 Å². The Morgan fingerprint density at radius 3 is 2.03 bits per heavy atom. The summed E-state index contributed by atoms with van der Waals surface area (Å²) in [6, 6.07) is 19.0.